The molecule has 0 aliphatic rings. The number of nitrogens with one attached hydrogen (secondary N) is 2. The Morgan fingerprint density at radius 3 is 2.65 bits per heavy atom. The highest BCUT2D eigenvalue weighted by Gasteiger charge is 2.07. The van der Waals surface area contributed by atoms with E-state index in [0.717, 1.165) is 33.3 Å². The van der Waals surface area contributed by atoms with E-state index in [4.69, 9.17) is 4.74 Å². The lowest BCUT2D eigenvalue weighted by Gasteiger charge is -2.10. The molecule has 0 spiro atoms. The Morgan fingerprint density at radius 2 is 1.85 bits per heavy atom. The monoisotopic (exact) mass is 347 g/mol. The second kappa shape index (κ2) is 8.16. The van der Waals surface area contributed by atoms with Crippen LogP contribution in [0.4, 0.5) is 10.5 Å². The lowest BCUT2D eigenvalue weighted by Crippen LogP contribution is -2.24. The minimum Gasteiger partial charge on any atom is -0.493 e. The summed E-state index contributed by atoms with van der Waals surface area (Å²) < 4.78 is 5.69. The lowest BCUT2D eigenvalue weighted by molar-refractivity contribution is 0.252. The van der Waals surface area contributed by atoms with Crippen LogP contribution in [0, 0.1) is 6.92 Å². The van der Waals surface area contributed by atoms with Crippen molar-refractivity contribution in [2.75, 3.05) is 11.9 Å². The SMILES string of the molecule is CCOc1ccc2ccccc2c1C=NNC(=O)Nc1ccccc1C. The van der Waals surface area contributed by atoms with E-state index < -0.39 is 6.03 Å². The van der Waals surface area contributed by atoms with Gasteiger partial charge in [-0.25, -0.2) is 10.2 Å². The third-order valence-corrected chi connectivity index (χ3v) is 3.98. The Morgan fingerprint density at radius 1 is 1.08 bits per heavy atom. The number of rotatable bonds is 5. The van der Waals surface area contributed by atoms with Crippen LogP contribution in [0.15, 0.2) is 65.8 Å². The number of benzene rings is 3. The molecule has 0 aromatic heterocycles. The number of amides is 2. The van der Waals surface area contributed by atoms with Crippen molar-refractivity contribution in [3.8, 4) is 5.75 Å². The van der Waals surface area contributed by atoms with Crippen molar-refractivity contribution >= 4 is 28.7 Å². The molecule has 0 bridgehead atoms. The summed E-state index contributed by atoms with van der Waals surface area (Å²) >= 11 is 0. The summed E-state index contributed by atoms with van der Waals surface area (Å²) in [5.41, 5.74) is 5.07. The molecule has 132 valence electrons. The van der Waals surface area contributed by atoms with E-state index in [1.807, 2.05) is 74.5 Å². The summed E-state index contributed by atoms with van der Waals surface area (Å²) in [4.78, 5) is 12.1. The summed E-state index contributed by atoms with van der Waals surface area (Å²) in [6.07, 6.45) is 1.62. The smallest absolute Gasteiger partial charge is 0.339 e. The van der Waals surface area contributed by atoms with Gasteiger partial charge >= 0.3 is 6.03 Å². The molecular weight excluding hydrogens is 326 g/mol. The zero-order chi connectivity index (χ0) is 18.4. The molecule has 3 rings (SSSR count). The fourth-order valence-corrected chi connectivity index (χ4v) is 2.71. The standard InChI is InChI=1S/C21H21N3O2/c1-3-26-20-13-12-16-9-5-6-10-17(16)18(20)14-22-24-21(25)23-19-11-7-4-8-15(19)2/h4-14H,3H2,1-2H3,(H2,23,24,25). The number of aryl methyl sites for hydroxylation is 1. The Hall–Kier alpha value is -3.34. The molecule has 5 heteroatoms. The Labute approximate surface area is 152 Å². The quantitative estimate of drug-likeness (QED) is 0.519. The molecule has 2 amide bonds. The van der Waals surface area contributed by atoms with Gasteiger partial charge < -0.3 is 10.1 Å². The molecule has 0 atom stereocenters. The molecular formula is C21H21N3O2. The van der Waals surface area contributed by atoms with Crippen LogP contribution in [0.25, 0.3) is 10.8 Å². The van der Waals surface area contributed by atoms with Crippen LogP contribution < -0.4 is 15.5 Å². The minimum atomic E-state index is -0.395. The largest absolute Gasteiger partial charge is 0.493 e. The Balaban J connectivity index is 1.78. The Kier molecular flexibility index (Phi) is 5.49. The number of fused-ring (bicyclic) bond motifs is 1. The van der Waals surface area contributed by atoms with E-state index in [1.165, 1.54) is 0 Å². The average Bonchev–Trinajstić information content (AvgIpc) is 2.65. The van der Waals surface area contributed by atoms with Gasteiger partial charge in [-0.3, -0.25) is 0 Å². The maximum absolute atomic E-state index is 12.1. The molecule has 0 saturated carbocycles. The number of urea groups is 1. The zero-order valence-electron chi connectivity index (χ0n) is 14.8. The maximum Gasteiger partial charge on any atom is 0.339 e. The van der Waals surface area contributed by atoms with Gasteiger partial charge in [0.1, 0.15) is 5.75 Å². The van der Waals surface area contributed by atoms with Crippen molar-refractivity contribution in [2.24, 2.45) is 5.10 Å². The number of nitrogens with zero attached hydrogens (tertiary/aromatic N) is 1. The number of ether oxygens (including phenoxy) is 1. The van der Waals surface area contributed by atoms with Crippen molar-refractivity contribution in [1.29, 1.82) is 0 Å². The van der Waals surface area contributed by atoms with Crippen LogP contribution in [0.2, 0.25) is 0 Å². The van der Waals surface area contributed by atoms with Crippen molar-refractivity contribution in [3.63, 3.8) is 0 Å². The topological polar surface area (TPSA) is 62.7 Å². The van der Waals surface area contributed by atoms with E-state index in [2.05, 4.69) is 15.8 Å². The van der Waals surface area contributed by atoms with Crippen LogP contribution in [0.3, 0.4) is 0 Å². The first kappa shape index (κ1) is 17.5. The fraction of sp³-hybridized carbons (Fsp3) is 0.143. The van der Waals surface area contributed by atoms with Gasteiger partial charge in [0, 0.05) is 11.3 Å². The van der Waals surface area contributed by atoms with Crippen molar-refractivity contribution in [3.05, 3.63) is 71.8 Å². The summed E-state index contributed by atoms with van der Waals surface area (Å²) in [5, 5.41) is 8.97. The van der Waals surface area contributed by atoms with Gasteiger partial charge in [-0.1, -0.05) is 48.5 Å². The number of anilines is 1. The summed E-state index contributed by atoms with van der Waals surface area (Å²) in [6.45, 7) is 4.42. The predicted molar refractivity (Wildman–Crippen MR) is 106 cm³/mol. The molecule has 5 nitrogen and oxygen atoms in total. The summed E-state index contributed by atoms with van der Waals surface area (Å²) in [6, 6.07) is 19.1. The van der Waals surface area contributed by atoms with Crippen LogP contribution in [0.1, 0.15) is 18.1 Å². The number of carbonyl (C=O) groups excluding carboxylic acids is 1. The first-order valence-electron chi connectivity index (χ1n) is 8.49. The van der Waals surface area contributed by atoms with Crippen molar-refractivity contribution < 1.29 is 9.53 Å². The molecule has 0 saturated heterocycles. The highest BCUT2D eigenvalue weighted by atomic mass is 16.5. The molecule has 3 aromatic rings. The molecule has 0 unspecified atom stereocenters. The van der Waals surface area contributed by atoms with Crippen LogP contribution in [-0.2, 0) is 0 Å². The van der Waals surface area contributed by atoms with Crippen LogP contribution in [0.5, 0.6) is 5.75 Å². The summed E-state index contributed by atoms with van der Waals surface area (Å²) in [7, 11) is 0. The van der Waals surface area contributed by atoms with E-state index in [-0.39, 0.29) is 0 Å². The zero-order valence-corrected chi connectivity index (χ0v) is 14.8. The molecule has 0 fully saturated rings. The number of carbonyl (C=O) groups is 1. The van der Waals surface area contributed by atoms with Gasteiger partial charge in [-0.2, -0.15) is 5.10 Å². The normalized spacial score (nSPS) is 10.8. The third kappa shape index (κ3) is 4.00. The molecule has 26 heavy (non-hydrogen) atoms. The van der Waals surface area contributed by atoms with Crippen LogP contribution >= 0.6 is 0 Å². The average molecular weight is 347 g/mol. The van der Waals surface area contributed by atoms with Gasteiger partial charge in [0.25, 0.3) is 0 Å². The number of hydrogen-bond acceptors (Lipinski definition) is 3. The number of para-hydroxylation sites is 1. The van der Waals surface area contributed by atoms with Crippen molar-refractivity contribution in [1.82, 2.24) is 5.43 Å². The van der Waals surface area contributed by atoms with E-state index in [9.17, 15) is 4.79 Å². The van der Waals surface area contributed by atoms with Crippen LogP contribution in [-0.4, -0.2) is 18.9 Å². The second-order valence-electron chi connectivity index (χ2n) is 5.77. The first-order valence-corrected chi connectivity index (χ1v) is 8.49. The van der Waals surface area contributed by atoms with Gasteiger partial charge in [-0.15, -0.1) is 0 Å². The van der Waals surface area contributed by atoms with Gasteiger partial charge in [0.05, 0.1) is 12.8 Å². The third-order valence-electron chi connectivity index (χ3n) is 3.98. The maximum atomic E-state index is 12.1. The highest BCUT2D eigenvalue weighted by Crippen LogP contribution is 2.26. The van der Waals surface area contributed by atoms with Gasteiger partial charge in [-0.05, 0) is 42.3 Å². The molecule has 2 N–H and O–H groups in total. The first-order chi connectivity index (χ1) is 12.7. The second-order valence-corrected chi connectivity index (χ2v) is 5.77. The van der Waals surface area contributed by atoms with E-state index in [1.54, 1.807) is 6.21 Å². The van der Waals surface area contributed by atoms with Gasteiger partial charge in [0.15, 0.2) is 0 Å². The lowest BCUT2D eigenvalue weighted by atomic mass is 10.0. The number of hydrogen-bond donors (Lipinski definition) is 2. The molecule has 0 aliphatic carbocycles. The van der Waals surface area contributed by atoms with Crippen molar-refractivity contribution in [2.45, 2.75) is 13.8 Å². The molecule has 0 aliphatic heterocycles. The molecule has 3 aromatic carbocycles. The predicted octanol–water partition coefficient (Wildman–Crippen LogP) is 4.70. The van der Waals surface area contributed by atoms with Gasteiger partial charge in [0.2, 0.25) is 0 Å². The van der Waals surface area contributed by atoms with E-state index in [0.29, 0.717) is 6.61 Å². The number of hydrazone groups is 1. The molecule has 0 radical (unpaired) electrons. The fourth-order valence-electron chi connectivity index (χ4n) is 2.71. The summed E-state index contributed by atoms with van der Waals surface area (Å²) in [5.74, 6) is 0.732. The minimum absolute atomic E-state index is 0.395. The Bertz CT molecular complexity index is 951. The highest BCUT2D eigenvalue weighted by molar-refractivity contribution is 6.03. The van der Waals surface area contributed by atoms with E-state index >= 15 is 0 Å². The molecule has 0 heterocycles.